The maximum absolute atomic E-state index is 4.45. The molecule has 5 aromatic rings. The third-order valence-corrected chi connectivity index (χ3v) is 8.61. The van der Waals surface area contributed by atoms with Gasteiger partial charge in [0.05, 0.1) is 5.39 Å². The molecule has 1 aliphatic rings. The monoisotopic (exact) mass is 419 g/mol. The number of pyridine rings is 1. The molecule has 0 fully saturated rings. The Hall–Kier alpha value is -3.13. The minimum absolute atomic E-state index is 0.0577. The lowest BCUT2D eigenvalue weighted by Crippen LogP contribution is -2.66. The fourth-order valence-electron chi connectivity index (χ4n) is 6.82. The van der Waals surface area contributed by atoms with Gasteiger partial charge < -0.3 is 0 Å². The van der Waals surface area contributed by atoms with Crippen molar-refractivity contribution in [1.29, 1.82) is 0 Å². The molecule has 2 aromatic heterocycles. The first-order chi connectivity index (χ1) is 15.4. The van der Waals surface area contributed by atoms with Crippen molar-refractivity contribution in [2.24, 2.45) is 0 Å². The van der Waals surface area contributed by atoms with Gasteiger partial charge in [0.15, 0.2) is 11.0 Å². The molecule has 2 unspecified atom stereocenters. The summed E-state index contributed by atoms with van der Waals surface area (Å²) in [6.07, 6.45) is 4.28. The van der Waals surface area contributed by atoms with E-state index in [2.05, 4.69) is 111 Å². The lowest BCUT2D eigenvalue weighted by molar-refractivity contribution is -0.719. The summed E-state index contributed by atoms with van der Waals surface area (Å²) in [6.45, 7) is 16.0. The molecule has 0 N–H and O–H groups in total. The summed E-state index contributed by atoms with van der Waals surface area (Å²) in [7, 11) is 0. The number of nitrogens with zero attached hydrogens (tertiary/aromatic N) is 2. The van der Waals surface area contributed by atoms with E-state index in [4.69, 9.17) is 0 Å². The predicted molar refractivity (Wildman–Crippen MR) is 136 cm³/mol. The van der Waals surface area contributed by atoms with Gasteiger partial charge in [0.2, 0.25) is 0 Å². The van der Waals surface area contributed by atoms with Crippen molar-refractivity contribution in [3.05, 3.63) is 83.9 Å². The molecule has 2 atom stereocenters. The average molecular weight is 420 g/mol. The van der Waals surface area contributed by atoms with Crippen LogP contribution in [0.25, 0.3) is 38.4 Å². The smallest absolute Gasteiger partial charge is 0.212 e. The summed E-state index contributed by atoms with van der Waals surface area (Å²) in [4.78, 5) is 0. The number of aryl methyl sites for hydroxylation is 2. The number of aromatic nitrogens is 2. The van der Waals surface area contributed by atoms with E-state index in [1.807, 2.05) is 0 Å². The van der Waals surface area contributed by atoms with Crippen LogP contribution in [-0.2, 0) is 11.0 Å². The van der Waals surface area contributed by atoms with Gasteiger partial charge in [-0.2, -0.15) is 4.40 Å². The Morgan fingerprint density at radius 2 is 1.72 bits per heavy atom. The van der Waals surface area contributed by atoms with Crippen LogP contribution < -0.4 is 4.57 Å². The lowest BCUT2D eigenvalue weighted by Gasteiger charge is -2.47. The SMILES string of the molecule is C=CC1(CC)[n+]2c3ccc(C)cc3n3c4c(C)cccc4c4cccc(c4c32)C1(C)CC. The fourth-order valence-corrected chi connectivity index (χ4v) is 6.82. The molecule has 32 heavy (non-hydrogen) atoms. The quantitative estimate of drug-likeness (QED) is 0.165. The van der Waals surface area contributed by atoms with Gasteiger partial charge in [-0.05, 0) is 61.6 Å². The van der Waals surface area contributed by atoms with E-state index in [0.717, 1.165) is 12.8 Å². The number of rotatable bonds is 3. The Labute approximate surface area is 189 Å². The Morgan fingerprint density at radius 3 is 2.44 bits per heavy atom. The first kappa shape index (κ1) is 19.5. The van der Waals surface area contributed by atoms with E-state index in [1.165, 1.54) is 55.0 Å². The molecule has 0 aliphatic carbocycles. The molecule has 2 nitrogen and oxygen atoms in total. The summed E-state index contributed by atoms with van der Waals surface area (Å²) in [5.74, 6) is 0. The van der Waals surface area contributed by atoms with Crippen molar-refractivity contribution < 1.29 is 4.57 Å². The van der Waals surface area contributed by atoms with Crippen molar-refractivity contribution in [3.63, 3.8) is 0 Å². The van der Waals surface area contributed by atoms with Gasteiger partial charge in [-0.1, -0.05) is 69.8 Å². The third-order valence-electron chi connectivity index (χ3n) is 8.61. The van der Waals surface area contributed by atoms with Gasteiger partial charge in [-0.15, -0.1) is 0 Å². The van der Waals surface area contributed by atoms with E-state index in [-0.39, 0.29) is 11.0 Å². The number of para-hydroxylation sites is 1. The number of benzene rings is 3. The first-order valence-corrected chi connectivity index (χ1v) is 11.9. The summed E-state index contributed by atoms with van der Waals surface area (Å²) >= 11 is 0. The largest absolute Gasteiger partial charge is 0.296 e. The zero-order valence-electron chi connectivity index (χ0n) is 19.8. The number of fused-ring (bicyclic) bond motifs is 6. The molecule has 3 aromatic carbocycles. The van der Waals surface area contributed by atoms with Crippen LogP contribution in [0.15, 0.2) is 67.3 Å². The van der Waals surface area contributed by atoms with Crippen LogP contribution in [0.4, 0.5) is 0 Å². The summed E-state index contributed by atoms with van der Waals surface area (Å²) < 4.78 is 5.18. The number of allylic oxidation sites excluding steroid dienone is 1. The maximum Gasteiger partial charge on any atom is 0.296 e. The lowest BCUT2D eigenvalue weighted by atomic mass is 9.61. The molecular weight excluding hydrogens is 388 g/mol. The van der Waals surface area contributed by atoms with E-state index in [1.54, 1.807) is 0 Å². The van der Waals surface area contributed by atoms with Crippen LogP contribution in [0.5, 0.6) is 0 Å². The zero-order valence-corrected chi connectivity index (χ0v) is 19.8. The van der Waals surface area contributed by atoms with Crippen LogP contribution in [-0.4, -0.2) is 4.40 Å². The Bertz CT molecular complexity index is 1600. The second-order valence-corrected chi connectivity index (χ2v) is 9.85. The molecule has 0 spiro atoms. The summed E-state index contributed by atoms with van der Waals surface area (Å²) in [5, 5.41) is 4.09. The van der Waals surface area contributed by atoms with E-state index in [0.29, 0.717) is 0 Å². The molecule has 0 radical (unpaired) electrons. The van der Waals surface area contributed by atoms with Crippen molar-refractivity contribution in [2.45, 2.75) is 58.4 Å². The zero-order chi connectivity index (χ0) is 22.4. The molecule has 2 heteroatoms. The molecule has 6 rings (SSSR count). The normalized spacial score (nSPS) is 22.5. The molecule has 3 heterocycles. The first-order valence-electron chi connectivity index (χ1n) is 11.9. The van der Waals surface area contributed by atoms with Crippen molar-refractivity contribution in [1.82, 2.24) is 4.40 Å². The second-order valence-electron chi connectivity index (χ2n) is 9.85. The predicted octanol–water partition coefficient (Wildman–Crippen LogP) is 7.28. The van der Waals surface area contributed by atoms with Crippen molar-refractivity contribution in [2.75, 3.05) is 0 Å². The average Bonchev–Trinajstić information content (AvgIpc) is 3.14. The standard InChI is InChI=1S/C30H31N2/c1-7-29(6)23-15-11-13-21-22-14-10-12-20(5)27(22)31-25-18-19(4)16-17-24(25)32(28(31)26(21)23)30(29,8-2)9-3/h8,10-18H,2,7,9H2,1,3-6H3/q+1. The molecule has 0 bridgehead atoms. The van der Waals surface area contributed by atoms with Gasteiger partial charge in [0.1, 0.15) is 11.1 Å². The molecule has 0 saturated carbocycles. The number of hydrogen-bond acceptors (Lipinski definition) is 0. The highest BCUT2D eigenvalue weighted by atomic mass is 15.2. The Morgan fingerprint density at radius 1 is 0.969 bits per heavy atom. The van der Waals surface area contributed by atoms with Gasteiger partial charge in [-0.3, -0.25) is 0 Å². The van der Waals surface area contributed by atoms with Crippen molar-refractivity contribution in [3.8, 4) is 0 Å². The van der Waals surface area contributed by atoms with Crippen LogP contribution in [0.3, 0.4) is 0 Å². The molecule has 160 valence electrons. The van der Waals surface area contributed by atoms with Gasteiger partial charge >= 0.3 is 0 Å². The van der Waals surface area contributed by atoms with Gasteiger partial charge in [0, 0.05) is 16.2 Å². The third kappa shape index (κ3) is 1.96. The van der Waals surface area contributed by atoms with Gasteiger partial charge in [-0.25, -0.2) is 4.57 Å². The Kier molecular flexibility index (Phi) is 3.80. The highest BCUT2D eigenvalue weighted by molar-refractivity contribution is 6.15. The molecule has 0 saturated heterocycles. The second kappa shape index (κ2) is 6.22. The molecule has 1 aliphatic heterocycles. The topological polar surface area (TPSA) is 8.29 Å². The van der Waals surface area contributed by atoms with Crippen LogP contribution in [0.2, 0.25) is 0 Å². The van der Waals surface area contributed by atoms with E-state index in [9.17, 15) is 0 Å². The minimum Gasteiger partial charge on any atom is -0.212 e. The van der Waals surface area contributed by atoms with Gasteiger partial charge in [0.25, 0.3) is 5.65 Å². The van der Waals surface area contributed by atoms with E-state index < -0.39 is 0 Å². The molecular formula is C30H31N2+. The van der Waals surface area contributed by atoms with Crippen LogP contribution >= 0.6 is 0 Å². The van der Waals surface area contributed by atoms with Crippen LogP contribution in [0, 0.1) is 13.8 Å². The van der Waals surface area contributed by atoms with Crippen molar-refractivity contribution >= 4 is 38.4 Å². The Balaban J connectivity index is 2.10. The summed E-state index contributed by atoms with van der Waals surface area (Å²) in [5.41, 5.74) is 9.00. The fraction of sp³-hybridized carbons (Fsp3) is 0.300. The number of hydrogen-bond donors (Lipinski definition) is 0. The van der Waals surface area contributed by atoms with Crippen LogP contribution in [0.1, 0.15) is 50.3 Å². The number of imidazole rings is 1. The highest BCUT2D eigenvalue weighted by Crippen LogP contribution is 2.51. The highest BCUT2D eigenvalue weighted by Gasteiger charge is 2.56. The summed E-state index contributed by atoms with van der Waals surface area (Å²) in [6, 6.07) is 20.6. The van der Waals surface area contributed by atoms with E-state index >= 15 is 0 Å². The minimum atomic E-state index is -0.207. The molecule has 0 amide bonds. The maximum atomic E-state index is 4.45.